The largest absolute Gasteiger partial charge is 0.360 e. The third-order valence-electron chi connectivity index (χ3n) is 3.78. The van der Waals surface area contributed by atoms with E-state index < -0.39 is 10.0 Å². The summed E-state index contributed by atoms with van der Waals surface area (Å²) in [6, 6.07) is 11.4. The molecule has 0 bridgehead atoms. The highest BCUT2D eigenvalue weighted by molar-refractivity contribution is 7.88. The molecule has 2 heterocycles. The van der Waals surface area contributed by atoms with Crippen molar-refractivity contribution < 1.29 is 12.9 Å². The third kappa shape index (κ3) is 3.55. The van der Waals surface area contributed by atoms with E-state index in [1.165, 1.54) is 0 Å². The minimum Gasteiger partial charge on any atom is -0.360 e. The van der Waals surface area contributed by atoms with Crippen LogP contribution in [-0.4, -0.2) is 32.7 Å². The van der Waals surface area contributed by atoms with Crippen LogP contribution in [0.5, 0.6) is 0 Å². The Morgan fingerprint density at radius 1 is 1.32 bits per heavy atom. The average molecular weight is 321 g/mol. The maximum absolute atomic E-state index is 12.3. The van der Waals surface area contributed by atoms with E-state index in [1.807, 2.05) is 30.3 Å². The maximum atomic E-state index is 12.3. The molecule has 1 aliphatic rings. The zero-order valence-corrected chi connectivity index (χ0v) is 13.1. The minimum atomic E-state index is -3.47. The van der Waals surface area contributed by atoms with Gasteiger partial charge in [0, 0.05) is 31.1 Å². The first-order valence-electron chi connectivity index (χ1n) is 7.21. The van der Waals surface area contributed by atoms with Gasteiger partial charge in [-0.05, 0) is 12.5 Å². The van der Waals surface area contributed by atoms with Crippen LogP contribution in [0.1, 0.15) is 22.9 Å². The van der Waals surface area contributed by atoms with E-state index >= 15 is 0 Å². The molecule has 0 radical (unpaired) electrons. The van der Waals surface area contributed by atoms with Gasteiger partial charge in [-0.25, -0.2) is 13.1 Å². The molecule has 6 nitrogen and oxygen atoms in total. The highest BCUT2D eigenvalue weighted by atomic mass is 32.2. The first kappa shape index (κ1) is 15.2. The Morgan fingerprint density at radius 2 is 2.09 bits per heavy atom. The van der Waals surface area contributed by atoms with Gasteiger partial charge in [0.1, 0.15) is 5.75 Å². The van der Waals surface area contributed by atoms with E-state index in [4.69, 9.17) is 4.52 Å². The summed E-state index contributed by atoms with van der Waals surface area (Å²) < 4.78 is 32.4. The van der Waals surface area contributed by atoms with Gasteiger partial charge in [0.2, 0.25) is 10.0 Å². The first-order chi connectivity index (χ1) is 10.5. The lowest BCUT2D eigenvalue weighted by Gasteiger charge is -2.20. The first-order valence-corrected chi connectivity index (χ1v) is 8.86. The van der Waals surface area contributed by atoms with Crippen molar-refractivity contribution in [1.82, 2.24) is 15.2 Å². The number of benzene rings is 1. The molecule has 2 N–H and O–H groups in total. The maximum Gasteiger partial charge on any atom is 0.219 e. The smallest absolute Gasteiger partial charge is 0.219 e. The summed E-state index contributed by atoms with van der Waals surface area (Å²) in [5.41, 5.74) is 1.81. The van der Waals surface area contributed by atoms with Crippen molar-refractivity contribution >= 4 is 10.0 Å². The second-order valence-electron chi connectivity index (χ2n) is 5.59. The SMILES string of the molecule is Cc1cc(CS(=O)(=O)N[C@@H]2CNC[C@H]2c2ccccc2)on1. The number of nitrogens with zero attached hydrogens (tertiary/aromatic N) is 1. The fourth-order valence-corrected chi connectivity index (χ4v) is 4.10. The van der Waals surface area contributed by atoms with E-state index in [-0.39, 0.29) is 17.7 Å². The van der Waals surface area contributed by atoms with Crippen molar-refractivity contribution in [3.63, 3.8) is 0 Å². The zero-order chi connectivity index (χ0) is 15.6. The van der Waals surface area contributed by atoms with Gasteiger partial charge in [-0.3, -0.25) is 0 Å². The molecule has 0 aliphatic carbocycles. The Hall–Kier alpha value is -1.70. The standard InChI is InChI=1S/C15H19N3O3S/c1-11-7-13(21-17-11)10-22(19,20)18-15-9-16-8-14(15)12-5-3-2-4-6-12/h2-7,14-16,18H,8-10H2,1H3/t14-,15+/m0/s1. The molecular formula is C15H19N3O3S. The minimum absolute atomic E-state index is 0.132. The number of sulfonamides is 1. The molecule has 0 spiro atoms. The molecule has 0 amide bonds. The molecule has 2 aromatic rings. The van der Waals surface area contributed by atoms with Gasteiger partial charge in [-0.2, -0.15) is 0 Å². The number of hydrogen-bond acceptors (Lipinski definition) is 5. The van der Waals surface area contributed by atoms with Crippen LogP contribution >= 0.6 is 0 Å². The second kappa shape index (κ2) is 6.20. The van der Waals surface area contributed by atoms with Gasteiger partial charge in [-0.1, -0.05) is 35.5 Å². The fourth-order valence-electron chi connectivity index (χ4n) is 2.80. The predicted molar refractivity (Wildman–Crippen MR) is 82.8 cm³/mol. The average Bonchev–Trinajstić information content (AvgIpc) is 3.08. The zero-order valence-electron chi connectivity index (χ0n) is 12.3. The quantitative estimate of drug-likeness (QED) is 0.863. The third-order valence-corrected chi connectivity index (χ3v) is 5.11. The van der Waals surface area contributed by atoms with E-state index in [0.29, 0.717) is 18.0 Å². The molecule has 1 aromatic heterocycles. The van der Waals surface area contributed by atoms with Crippen LogP contribution in [0.25, 0.3) is 0 Å². The Labute approximate surface area is 129 Å². The van der Waals surface area contributed by atoms with Gasteiger partial charge in [-0.15, -0.1) is 0 Å². The van der Waals surface area contributed by atoms with Crippen LogP contribution in [0.2, 0.25) is 0 Å². The fraction of sp³-hybridized carbons (Fsp3) is 0.400. The van der Waals surface area contributed by atoms with Crippen molar-refractivity contribution in [2.75, 3.05) is 13.1 Å². The van der Waals surface area contributed by atoms with Crippen molar-refractivity contribution in [3.8, 4) is 0 Å². The molecule has 22 heavy (non-hydrogen) atoms. The molecule has 1 aliphatic heterocycles. The number of aryl methyl sites for hydroxylation is 1. The van der Waals surface area contributed by atoms with Crippen LogP contribution in [0.4, 0.5) is 0 Å². The van der Waals surface area contributed by atoms with Gasteiger partial charge >= 0.3 is 0 Å². The second-order valence-corrected chi connectivity index (χ2v) is 7.35. The summed E-state index contributed by atoms with van der Waals surface area (Å²) in [7, 11) is -3.47. The van der Waals surface area contributed by atoms with Gasteiger partial charge < -0.3 is 9.84 Å². The van der Waals surface area contributed by atoms with Crippen molar-refractivity contribution in [2.45, 2.75) is 24.6 Å². The molecule has 2 atom stereocenters. The molecular weight excluding hydrogens is 302 g/mol. The van der Waals surface area contributed by atoms with E-state index in [2.05, 4.69) is 15.2 Å². The summed E-state index contributed by atoms with van der Waals surface area (Å²) in [4.78, 5) is 0. The van der Waals surface area contributed by atoms with Gasteiger partial charge in [0.25, 0.3) is 0 Å². The Balaban J connectivity index is 1.71. The van der Waals surface area contributed by atoms with Crippen LogP contribution < -0.4 is 10.0 Å². The van der Waals surface area contributed by atoms with Gasteiger partial charge in [0.05, 0.1) is 5.69 Å². The van der Waals surface area contributed by atoms with Crippen LogP contribution in [0.15, 0.2) is 40.9 Å². The lowest BCUT2D eigenvalue weighted by molar-refractivity contribution is 0.388. The predicted octanol–water partition coefficient (Wildman–Crippen LogP) is 1.16. The topological polar surface area (TPSA) is 84.2 Å². The van der Waals surface area contributed by atoms with E-state index in [0.717, 1.165) is 12.1 Å². The molecule has 1 fully saturated rings. The van der Waals surface area contributed by atoms with Crippen molar-refractivity contribution in [3.05, 3.63) is 53.4 Å². The molecule has 1 aromatic carbocycles. The number of nitrogens with one attached hydrogen (secondary N) is 2. The Kier molecular flexibility index (Phi) is 4.28. The number of hydrogen-bond donors (Lipinski definition) is 2. The summed E-state index contributed by atoms with van der Waals surface area (Å²) >= 11 is 0. The molecule has 1 saturated heterocycles. The molecule has 7 heteroatoms. The van der Waals surface area contributed by atoms with E-state index in [9.17, 15) is 8.42 Å². The summed E-state index contributed by atoms with van der Waals surface area (Å²) in [6.07, 6.45) is 0. The monoisotopic (exact) mass is 321 g/mol. The number of rotatable bonds is 5. The Bertz CT molecular complexity index is 728. The van der Waals surface area contributed by atoms with Gasteiger partial charge in [0.15, 0.2) is 5.76 Å². The van der Waals surface area contributed by atoms with Crippen molar-refractivity contribution in [1.29, 1.82) is 0 Å². The van der Waals surface area contributed by atoms with Crippen LogP contribution in [-0.2, 0) is 15.8 Å². The lowest BCUT2D eigenvalue weighted by Crippen LogP contribution is -2.40. The highest BCUT2D eigenvalue weighted by Crippen LogP contribution is 2.23. The van der Waals surface area contributed by atoms with E-state index in [1.54, 1.807) is 13.0 Å². The summed E-state index contributed by atoms with van der Waals surface area (Å²) in [5, 5.41) is 6.96. The van der Waals surface area contributed by atoms with Crippen LogP contribution in [0, 0.1) is 6.92 Å². The lowest BCUT2D eigenvalue weighted by atomic mass is 9.95. The highest BCUT2D eigenvalue weighted by Gasteiger charge is 2.32. The molecule has 0 saturated carbocycles. The summed E-state index contributed by atoms with van der Waals surface area (Å²) in [6.45, 7) is 3.15. The number of aromatic nitrogens is 1. The molecule has 118 valence electrons. The van der Waals surface area contributed by atoms with Crippen LogP contribution in [0.3, 0.4) is 0 Å². The Morgan fingerprint density at radius 3 is 2.77 bits per heavy atom. The summed E-state index contributed by atoms with van der Waals surface area (Å²) in [5.74, 6) is 0.297. The molecule has 3 rings (SSSR count). The molecule has 0 unspecified atom stereocenters. The normalized spacial score (nSPS) is 22.0. The van der Waals surface area contributed by atoms with Crippen molar-refractivity contribution in [2.24, 2.45) is 0 Å².